The highest BCUT2D eigenvalue weighted by Gasteiger charge is 2.42. The molecule has 0 spiro atoms. The topological polar surface area (TPSA) is 40.8 Å². The summed E-state index contributed by atoms with van der Waals surface area (Å²) >= 11 is 0. The van der Waals surface area contributed by atoms with Crippen molar-refractivity contribution in [2.75, 3.05) is 21.3 Å². The summed E-state index contributed by atoms with van der Waals surface area (Å²) < 4.78 is 122. The molecular formula is C39H37F7NO4+. The van der Waals surface area contributed by atoms with Gasteiger partial charge < -0.3 is 18.9 Å². The van der Waals surface area contributed by atoms with Gasteiger partial charge in [-0.2, -0.15) is 17.7 Å². The third-order valence-corrected chi connectivity index (χ3v) is 8.88. The molecule has 4 aromatic carbocycles. The zero-order chi connectivity index (χ0) is 37.4. The number of pyridine rings is 1. The molecule has 1 heterocycles. The monoisotopic (exact) mass is 716 g/mol. The van der Waals surface area contributed by atoms with Crippen LogP contribution in [0.3, 0.4) is 0 Å². The van der Waals surface area contributed by atoms with Gasteiger partial charge in [-0.1, -0.05) is 51.1 Å². The molecule has 0 fully saturated rings. The van der Waals surface area contributed by atoms with Crippen LogP contribution >= 0.6 is 0 Å². The van der Waals surface area contributed by atoms with Crippen LogP contribution in [0.1, 0.15) is 67.1 Å². The summed E-state index contributed by atoms with van der Waals surface area (Å²) in [6.45, 7) is 7.41. The highest BCUT2D eigenvalue weighted by Crippen LogP contribution is 2.40. The largest absolute Gasteiger partial charge is 0.493 e. The molecule has 1 aromatic heterocycles. The molecule has 0 saturated carbocycles. The van der Waals surface area contributed by atoms with Crippen molar-refractivity contribution >= 4 is 10.8 Å². The molecule has 5 nitrogen and oxygen atoms in total. The molecule has 0 N–H and O–H groups in total. The Labute approximate surface area is 291 Å². The van der Waals surface area contributed by atoms with E-state index in [4.69, 9.17) is 18.9 Å². The van der Waals surface area contributed by atoms with Crippen LogP contribution in [0.5, 0.6) is 23.0 Å². The number of ether oxygens (including phenoxy) is 4. The summed E-state index contributed by atoms with van der Waals surface area (Å²) in [4.78, 5) is 0. The lowest BCUT2D eigenvalue weighted by Crippen LogP contribution is -2.40. The zero-order valence-electron chi connectivity index (χ0n) is 29.1. The summed E-state index contributed by atoms with van der Waals surface area (Å²) in [5, 5.41) is 1.70. The van der Waals surface area contributed by atoms with E-state index in [9.17, 15) is 30.7 Å². The molecule has 0 aliphatic rings. The zero-order valence-corrected chi connectivity index (χ0v) is 29.1. The number of benzene rings is 4. The van der Waals surface area contributed by atoms with Gasteiger partial charge in [0.15, 0.2) is 64.7 Å². The van der Waals surface area contributed by atoms with E-state index in [0.29, 0.717) is 17.1 Å². The molecule has 0 radical (unpaired) electrons. The smallest absolute Gasteiger partial charge is 0.422 e. The second-order valence-electron chi connectivity index (χ2n) is 13.1. The molecule has 0 amide bonds. The van der Waals surface area contributed by atoms with Crippen molar-refractivity contribution in [2.24, 2.45) is 0 Å². The van der Waals surface area contributed by atoms with Gasteiger partial charge in [0, 0.05) is 6.07 Å². The molecule has 0 aliphatic heterocycles. The molecule has 270 valence electrons. The van der Waals surface area contributed by atoms with E-state index in [1.54, 1.807) is 19.2 Å². The van der Waals surface area contributed by atoms with Crippen LogP contribution in [0.2, 0.25) is 0 Å². The highest BCUT2D eigenvalue weighted by molar-refractivity contribution is 5.87. The first-order chi connectivity index (χ1) is 24.0. The highest BCUT2D eigenvalue weighted by atomic mass is 19.4. The van der Waals surface area contributed by atoms with Crippen molar-refractivity contribution in [3.63, 3.8) is 0 Å². The summed E-state index contributed by atoms with van der Waals surface area (Å²) in [6, 6.07) is 18.8. The number of hydrogen-bond acceptors (Lipinski definition) is 4. The first-order valence-electron chi connectivity index (χ1n) is 15.9. The molecule has 1 atom stereocenters. The Morgan fingerprint density at radius 3 is 1.86 bits per heavy atom. The minimum atomic E-state index is -5.67. The summed E-state index contributed by atoms with van der Waals surface area (Å²) in [5.41, 5.74) is -0.595. The summed E-state index contributed by atoms with van der Waals surface area (Å²) in [6.07, 6.45) is -3.81. The van der Waals surface area contributed by atoms with Crippen LogP contribution in [0.25, 0.3) is 10.8 Å². The van der Waals surface area contributed by atoms with E-state index < -0.39 is 47.2 Å². The van der Waals surface area contributed by atoms with E-state index in [1.807, 2.05) is 29.0 Å². The minimum absolute atomic E-state index is 0.0347. The van der Waals surface area contributed by atoms with E-state index >= 15 is 0 Å². The normalized spacial score (nSPS) is 12.6. The standard InChI is InChI=1S/C39H37F7NO4/c1-21(22-11-13-25(14-12-22)38(2,3)4)36-26-18-30(50-7)29(49-6)17-23(26)15-16-47(36)19-24-9-8-10-28(48-5)37(24)51-20-27-32(40)34(42)31(39(44,45)46)35(43)33(27)41/h8-18,21H,19-20H2,1-7H3/q+1. The first-order valence-corrected chi connectivity index (χ1v) is 15.9. The average Bonchev–Trinajstić information content (AvgIpc) is 3.09. The second-order valence-corrected chi connectivity index (χ2v) is 13.1. The summed E-state index contributed by atoms with van der Waals surface area (Å²) in [5.74, 6) is -8.62. The van der Waals surface area contributed by atoms with Gasteiger partial charge in [0.25, 0.3) is 0 Å². The number of hydrogen-bond donors (Lipinski definition) is 0. The Morgan fingerprint density at radius 2 is 1.31 bits per heavy atom. The molecule has 0 saturated heterocycles. The van der Waals surface area contributed by atoms with Gasteiger partial charge in [0.05, 0.1) is 43.8 Å². The van der Waals surface area contributed by atoms with Gasteiger partial charge in [0.2, 0.25) is 0 Å². The van der Waals surface area contributed by atoms with Crippen molar-refractivity contribution in [1.29, 1.82) is 0 Å². The fourth-order valence-electron chi connectivity index (χ4n) is 6.10. The third-order valence-electron chi connectivity index (χ3n) is 8.88. The number of fused-ring (bicyclic) bond motifs is 1. The van der Waals surface area contributed by atoms with Crippen LogP contribution in [0.4, 0.5) is 30.7 Å². The van der Waals surface area contributed by atoms with E-state index in [2.05, 4.69) is 52.0 Å². The van der Waals surface area contributed by atoms with Crippen LogP contribution in [0.15, 0.2) is 66.9 Å². The van der Waals surface area contributed by atoms with Crippen molar-refractivity contribution in [1.82, 2.24) is 0 Å². The van der Waals surface area contributed by atoms with Gasteiger partial charge >= 0.3 is 6.18 Å². The predicted octanol–water partition coefficient (Wildman–Crippen LogP) is 9.80. The van der Waals surface area contributed by atoms with Crippen molar-refractivity contribution < 1.29 is 54.2 Å². The van der Waals surface area contributed by atoms with Crippen molar-refractivity contribution in [3.05, 3.63) is 124 Å². The number of methoxy groups -OCH3 is 3. The van der Waals surface area contributed by atoms with Gasteiger partial charge in [-0.25, -0.2) is 17.6 Å². The maximum atomic E-state index is 14.8. The number of nitrogens with zero attached hydrogens (tertiary/aromatic N) is 1. The lowest BCUT2D eigenvalue weighted by Gasteiger charge is -2.21. The van der Waals surface area contributed by atoms with Gasteiger partial charge in [-0.3, -0.25) is 0 Å². The van der Waals surface area contributed by atoms with E-state index in [0.717, 1.165) is 27.6 Å². The lowest BCUT2D eigenvalue weighted by atomic mass is 9.85. The fraction of sp³-hybridized carbons (Fsp3) is 0.308. The quantitative estimate of drug-likeness (QED) is 0.0820. The summed E-state index contributed by atoms with van der Waals surface area (Å²) in [7, 11) is 4.40. The van der Waals surface area contributed by atoms with Crippen LogP contribution in [-0.2, 0) is 24.7 Å². The number of aromatic nitrogens is 1. The van der Waals surface area contributed by atoms with Gasteiger partial charge in [0.1, 0.15) is 12.2 Å². The minimum Gasteiger partial charge on any atom is -0.493 e. The first kappa shape index (κ1) is 37.3. The van der Waals surface area contributed by atoms with E-state index in [-0.39, 0.29) is 29.4 Å². The molecule has 0 bridgehead atoms. The van der Waals surface area contributed by atoms with E-state index in [1.165, 1.54) is 20.3 Å². The van der Waals surface area contributed by atoms with Crippen molar-refractivity contribution in [2.45, 2.75) is 58.4 Å². The van der Waals surface area contributed by atoms with Crippen molar-refractivity contribution in [3.8, 4) is 23.0 Å². The molecule has 12 heteroatoms. The molecule has 1 unspecified atom stereocenters. The Bertz CT molecular complexity index is 2040. The molecule has 5 rings (SSSR count). The van der Waals surface area contributed by atoms with Crippen LogP contribution in [-0.4, -0.2) is 21.3 Å². The van der Waals surface area contributed by atoms with Gasteiger partial charge in [-0.05, 0) is 53.1 Å². The third kappa shape index (κ3) is 7.27. The number of alkyl halides is 3. The second kappa shape index (κ2) is 14.3. The number of para-hydroxylation sites is 1. The Hall–Kier alpha value is -5.00. The lowest BCUT2D eigenvalue weighted by molar-refractivity contribution is -0.695. The van der Waals surface area contributed by atoms with Crippen LogP contribution < -0.4 is 23.5 Å². The molecular weight excluding hydrogens is 679 g/mol. The number of halogens is 7. The Morgan fingerprint density at radius 1 is 0.725 bits per heavy atom. The van der Waals surface area contributed by atoms with Gasteiger partial charge in [-0.15, -0.1) is 0 Å². The predicted molar refractivity (Wildman–Crippen MR) is 178 cm³/mol. The number of rotatable bonds is 10. The molecule has 0 aliphatic carbocycles. The fourth-order valence-corrected chi connectivity index (χ4v) is 6.10. The SMILES string of the molecule is COc1cc2cc[n+](Cc3cccc(OC)c3OCc3c(F)c(F)c(C(F)(F)F)c(F)c3F)c(C(C)c3ccc(C(C)(C)C)cc3)c2cc1OC. The maximum Gasteiger partial charge on any atom is 0.422 e. The maximum absolute atomic E-state index is 14.8. The van der Waals surface area contributed by atoms with Crippen LogP contribution in [0, 0.1) is 23.3 Å². The molecule has 5 aromatic rings. The Balaban J connectivity index is 1.63. The average molecular weight is 717 g/mol. The Kier molecular flexibility index (Phi) is 10.5. The molecule has 51 heavy (non-hydrogen) atoms.